The summed E-state index contributed by atoms with van der Waals surface area (Å²) in [7, 11) is 1.59. The number of nitriles is 1. The van der Waals surface area contributed by atoms with Crippen molar-refractivity contribution in [1.29, 1.82) is 5.26 Å². The van der Waals surface area contributed by atoms with Crippen LogP contribution in [0.1, 0.15) is 11.1 Å². The summed E-state index contributed by atoms with van der Waals surface area (Å²) in [5.74, 6) is 1.22. The first-order chi connectivity index (χ1) is 13.2. The molecule has 0 heterocycles. The summed E-state index contributed by atoms with van der Waals surface area (Å²) in [4.78, 5) is 0. The van der Waals surface area contributed by atoms with E-state index >= 15 is 0 Å². The lowest BCUT2D eigenvalue weighted by molar-refractivity contribution is 0.326. The van der Waals surface area contributed by atoms with Crippen molar-refractivity contribution < 1.29 is 9.47 Å². The van der Waals surface area contributed by atoms with E-state index in [1.807, 2.05) is 54.6 Å². The average molecular weight is 420 g/mol. The highest BCUT2D eigenvalue weighted by atomic mass is 79.9. The van der Waals surface area contributed by atoms with E-state index in [1.54, 1.807) is 13.2 Å². The van der Waals surface area contributed by atoms with E-state index in [1.165, 1.54) is 0 Å². The van der Waals surface area contributed by atoms with E-state index in [2.05, 4.69) is 34.6 Å². The zero-order chi connectivity index (χ0) is 19.2. The number of nitrogens with zero attached hydrogens (tertiary/aromatic N) is 1. The van der Waals surface area contributed by atoms with Gasteiger partial charge in [-0.05, 0) is 46.2 Å². The first kappa shape index (κ1) is 18.8. The molecular weight excluding hydrogens is 402 g/mol. The fourth-order valence-corrected chi connectivity index (χ4v) is 3.21. The van der Waals surface area contributed by atoms with Crippen LogP contribution in [0.2, 0.25) is 0 Å². The molecule has 0 aliphatic carbocycles. The van der Waals surface area contributed by atoms with Gasteiger partial charge in [-0.3, -0.25) is 0 Å². The zero-order valence-electron chi connectivity index (χ0n) is 14.9. The Morgan fingerprint density at radius 1 is 1.11 bits per heavy atom. The molecule has 0 atom stereocenters. The van der Waals surface area contributed by atoms with Crippen LogP contribution in [0.3, 0.4) is 0 Å². The highest BCUT2D eigenvalue weighted by Gasteiger charge is 2.11. The largest absolute Gasteiger partial charge is 0.493 e. The quantitative estimate of drug-likeness (QED) is 0.269. The maximum absolute atomic E-state index is 9.70. The standard InChI is InChI=1S/C23H18BrNO2/c1-3-10-27-23-14-21(24)19(13-22(23)26-2)12-20(15-25)18-9-8-16-6-4-5-7-17(16)11-18/h3-9,11-14H,1,10H2,2H3. The van der Waals surface area contributed by atoms with E-state index in [-0.39, 0.29) is 0 Å². The van der Waals surface area contributed by atoms with E-state index in [4.69, 9.17) is 9.47 Å². The minimum absolute atomic E-state index is 0.387. The number of hydrogen-bond donors (Lipinski definition) is 0. The second-order valence-corrected chi connectivity index (χ2v) is 6.71. The molecule has 3 aromatic rings. The molecule has 0 saturated heterocycles. The molecule has 0 spiro atoms. The number of allylic oxidation sites excluding steroid dienone is 1. The monoisotopic (exact) mass is 419 g/mol. The number of fused-ring (bicyclic) bond motifs is 1. The van der Waals surface area contributed by atoms with Crippen molar-refractivity contribution in [2.75, 3.05) is 13.7 Å². The third kappa shape index (κ3) is 4.21. The van der Waals surface area contributed by atoms with Gasteiger partial charge in [0, 0.05) is 4.47 Å². The van der Waals surface area contributed by atoms with Crippen molar-refractivity contribution in [2.45, 2.75) is 0 Å². The lowest BCUT2D eigenvalue weighted by Crippen LogP contribution is -1.97. The molecule has 0 aromatic heterocycles. The Kier molecular flexibility index (Phi) is 5.95. The Hall–Kier alpha value is -3.03. The fraction of sp³-hybridized carbons (Fsp3) is 0.0870. The van der Waals surface area contributed by atoms with E-state index < -0.39 is 0 Å². The maximum atomic E-state index is 9.70. The highest BCUT2D eigenvalue weighted by Crippen LogP contribution is 2.35. The normalized spacial score (nSPS) is 11.1. The lowest BCUT2D eigenvalue weighted by atomic mass is 10.00. The molecule has 27 heavy (non-hydrogen) atoms. The summed E-state index contributed by atoms with van der Waals surface area (Å²) < 4.78 is 11.9. The molecule has 0 saturated carbocycles. The first-order valence-electron chi connectivity index (χ1n) is 8.38. The van der Waals surface area contributed by atoms with Crippen LogP contribution in [0, 0.1) is 11.3 Å². The Balaban J connectivity index is 2.04. The van der Waals surface area contributed by atoms with Gasteiger partial charge in [0.1, 0.15) is 6.61 Å². The number of methoxy groups -OCH3 is 1. The van der Waals surface area contributed by atoms with E-state index in [0.717, 1.165) is 26.4 Å². The van der Waals surface area contributed by atoms with Crippen LogP contribution < -0.4 is 9.47 Å². The highest BCUT2D eigenvalue weighted by molar-refractivity contribution is 9.10. The lowest BCUT2D eigenvalue weighted by Gasteiger charge is -2.12. The SMILES string of the molecule is C=CCOc1cc(Br)c(C=C(C#N)c2ccc3ccccc3c2)cc1OC. The van der Waals surface area contributed by atoms with Crippen LogP contribution in [0.5, 0.6) is 11.5 Å². The topological polar surface area (TPSA) is 42.2 Å². The Bertz CT molecular complexity index is 1060. The zero-order valence-corrected chi connectivity index (χ0v) is 16.5. The third-order valence-electron chi connectivity index (χ3n) is 4.12. The van der Waals surface area contributed by atoms with Crippen LogP contribution in [0.15, 0.2) is 71.7 Å². The molecule has 0 amide bonds. The molecule has 0 aliphatic heterocycles. The molecule has 3 rings (SSSR count). The molecule has 0 unspecified atom stereocenters. The number of benzene rings is 3. The molecule has 0 fully saturated rings. The van der Waals surface area contributed by atoms with Gasteiger partial charge in [-0.15, -0.1) is 0 Å². The Labute approximate surface area is 167 Å². The molecule has 0 radical (unpaired) electrons. The van der Waals surface area contributed by atoms with Crippen molar-refractivity contribution in [3.63, 3.8) is 0 Å². The predicted molar refractivity (Wildman–Crippen MR) is 114 cm³/mol. The molecule has 0 aliphatic rings. The fourth-order valence-electron chi connectivity index (χ4n) is 2.78. The number of halogens is 1. The van der Waals surface area contributed by atoms with Gasteiger partial charge in [0.05, 0.1) is 18.8 Å². The van der Waals surface area contributed by atoms with Gasteiger partial charge < -0.3 is 9.47 Å². The third-order valence-corrected chi connectivity index (χ3v) is 4.81. The molecule has 0 bridgehead atoms. The van der Waals surface area contributed by atoms with Crippen molar-refractivity contribution in [3.05, 3.63) is 82.9 Å². The second kappa shape index (κ2) is 8.57. The molecular formula is C23H18BrNO2. The summed E-state index contributed by atoms with van der Waals surface area (Å²) in [5.41, 5.74) is 2.28. The van der Waals surface area contributed by atoms with Gasteiger partial charge in [-0.25, -0.2) is 0 Å². The minimum Gasteiger partial charge on any atom is -0.493 e. The second-order valence-electron chi connectivity index (χ2n) is 5.86. The number of rotatable bonds is 6. The number of hydrogen-bond acceptors (Lipinski definition) is 3. The van der Waals surface area contributed by atoms with E-state index in [0.29, 0.717) is 23.7 Å². The Morgan fingerprint density at radius 3 is 2.59 bits per heavy atom. The summed E-state index contributed by atoms with van der Waals surface area (Å²) in [6.07, 6.45) is 3.52. The van der Waals surface area contributed by atoms with Gasteiger partial charge in [0.25, 0.3) is 0 Å². The van der Waals surface area contributed by atoms with Crippen molar-refractivity contribution in [3.8, 4) is 17.6 Å². The van der Waals surface area contributed by atoms with Gasteiger partial charge in [-0.1, -0.05) is 65.0 Å². The maximum Gasteiger partial charge on any atom is 0.162 e. The van der Waals surface area contributed by atoms with Crippen molar-refractivity contribution in [1.82, 2.24) is 0 Å². The van der Waals surface area contributed by atoms with Crippen LogP contribution in [-0.4, -0.2) is 13.7 Å². The summed E-state index contributed by atoms with van der Waals surface area (Å²) in [6.45, 7) is 4.04. The van der Waals surface area contributed by atoms with Gasteiger partial charge in [0.15, 0.2) is 11.5 Å². The summed E-state index contributed by atoms with van der Waals surface area (Å²) in [6, 6.07) is 20.1. The summed E-state index contributed by atoms with van der Waals surface area (Å²) in [5, 5.41) is 11.9. The smallest absolute Gasteiger partial charge is 0.162 e. The molecule has 134 valence electrons. The van der Waals surface area contributed by atoms with Crippen LogP contribution in [-0.2, 0) is 0 Å². The minimum atomic E-state index is 0.387. The van der Waals surface area contributed by atoms with Crippen molar-refractivity contribution >= 4 is 38.4 Å². The van der Waals surface area contributed by atoms with Crippen molar-refractivity contribution in [2.24, 2.45) is 0 Å². The Morgan fingerprint density at radius 2 is 1.89 bits per heavy atom. The molecule has 4 heteroatoms. The van der Waals surface area contributed by atoms with Gasteiger partial charge in [-0.2, -0.15) is 5.26 Å². The molecule has 0 N–H and O–H groups in total. The van der Waals surface area contributed by atoms with E-state index in [9.17, 15) is 5.26 Å². The first-order valence-corrected chi connectivity index (χ1v) is 9.17. The van der Waals surface area contributed by atoms with Crippen LogP contribution >= 0.6 is 15.9 Å². The predicted octanol–water partition coefficient (Wildman–Crippen LogP) is 6.24. The average Bonchev–Trinajstić information content (AvgIpc) is 2.71. The van der Waals surface area contributed by atoms with Crippen LogP contribution in [0.4, 0.5) is 0 Å². The molecule has 3 aromatic carbocycles. The van der Waals surface area contributed by atoms with Crippen LogP contribution in [0.25, 0.3) is 22.4 Å². The molecule has 3 nitrogen and oxygen atoms in total. The summed E-state index contributed by atoms with van der Waals surface area (Å²) >= 11 is 3.56. The van der Waals surface area contributed by atoms with Gasteiger partial charge >= 0.3 is 0 Å². The number of ether oxygens (including phenoxy) is 2. The van der Waals surface area contributed by atoms with Gasteiger partial charge in [0.2, 0.25) is 0 Å².